The van der Waals surface area contributed by atoms with E-state index in [-0.39, 0.29) is 24.4 Å². The Balaban J connectivity index is 0.00000200. The number of hydrogen-bond acceptors (Lipinski definition) is 2. The highest BCUT2D eigenvalue weighted by Crippen LogP contribution is 2.19. The van der Waals surface area contributed by atoms with Crippen molar-refractivity contribution in [2.75, 3.05) is 6.54 Å². The van der Waals surface area contributed by atoms with E-state index in [9.17, 15) is 4.79 Å². The van der Waals surface area contributed by atoms with Gasteiger partial charge in [0, 0.05) is 22.7 Å². The van der Waals surface area contributed by atoms with Gasteiger partial charge in [0.1, 0.15) is 0 Å². The van der Waals surface area contributed by atoms with Crippen LogP contribution in [0.4, 0.5) is 0 Å². The van der Waals surface area contributed by atoms with Crippen LogP contribution in [0.25, 0.3) is 0 Å². The van der Waals surface area contributed by atoms with E-state index < -0.39 is 0 Å². The zero-order chi connectivity index (χ0) is 14.0. The van der Waals surface area contributed by atoms with Crippen LogP contribution in [0.1, 0.15) is 36.2 Å². The number of carbonyl (C=O) groups excluding carboxylic acids is 1. The van der Waals surface area contributed by atoms with Crippen molar-refractivity contribution in [3.05, 3.63) is 34.3 Å². The van der Waals surface area contributed by atoms with Gasteiger partial charge in [-0.2, -0.15) is 0 Å². The molecule has 0 bridgehead atoms. The number of nitrogens with one attached hydrogen (secondary N) is 2. The van der Waals surface area contributed by atoms with Crippen molar-refractivity contribution in [1.29, 1.82) is 0 Å². The first-order valence-electron chi connectivity index (χ1n) is 6.79. The number of benzene rings is 1. The number of hydrogen-bond donors (Lipinski definition) is 2. The van der Waals surface area contributed by atoms with E-state index in [0.29, 0.717) is 22.5 Å². The lowest BCUT2D eigenvalue weighted by Crippen LogP contribution is -2.55. The zero-order valence-corrected chi connectivity index (χ0v) is 13.6. The maximum atomic E-state index is 12.3. The summed E-state index contributed by atoms with van der Waals surface area (Å²) in [6, 6.07) is 5.90. The van der Waals surface area contributed by atoms with Crippen molar-refractivity contribution < 1.29 is 4.79 Å². The van der Waals surface area contributed by atoms with Crippen molar-refractivity contribution in [3.8, 4) is 0 Å². The maximum Gasteiger partial charge on any atom is 0.251 e. The fourth-order valence-corrected chi connectivity index (χ4v) is 2.75. The first kappa shape index (κ1) is 17.3. The molecule has 0 spiro atoms. The number of piperidine rings is 1. The van der Waals surface area contributed by atoms with Crippen molar-refractivity contribution in [2.24, 2.45) is 5.92 Å². The van der Waals surface area contributed by atoms with Crippen LogP contribution in [-0.2, 0) is 0 Å². The third-order valence-corrected chi connectivity index (χ3v) is 4.36. The lowest BCUT2D eigenvalue weighted by atomic mass is 9.89. The largest absolute Gasteiger partial charge is 0.347 e. The fourth-order valence-electron chi connectivity index (χ4n) is 2.57. The minimum atomic E-state index is -0.0469. The zero-order valence-electron chi connectivity index (χ0n) is 12.1. The van der Waals surface area contributed by atoms with Crippen LogP contribution in [0.15, 0.2) is 18.2 Å². The summed E-state index contributed by atoms with van der Waals surface area (Å²) in [5.74, 6) is 0.440. The van der Waals surface area contributed by atoms with Gasteiger partial charge in [-0.05, 0) is 50.4 Å². The van der Waals surface area contributed by atoms with Gasteiger partial charge in [0.05, 0.1) is 0 Å². The Hall–Kier alpha value is -0.770. The molecule has 0 radical (unpaired) electrons. The van der Waals surface area contributed by atoms with E-state index in [1.807, 2.05) is 19.1 Å². The van der Waals surface area contributed by atoms with Gasteiger partial charge < -0.3 is 10.6 Å². The smallest absolute Gasteiger partial charge is 0.251 e. The summed E-state index contributed by atoms with van der Waals surface area (Å²) < 4.78 is 0. The molecule has 0 aliphatic carbocycles. The summed E-state index contributed by atoms with van der Waals surface area (Å²) in [5, 5.41) is 7.16. The highest BCUT2D eigenvalue weighted by Gasteiger charge is 2.28. The van der Waals surface area contributed by atoms with Gasteiger partial charge >= 0.3 is 0 Å². The molecular formula is C15H22Cl2N2O. The van der Waals surface area contributed by atoms with Crippen LogP contribution in [0.2, 0.25) is 5.02 Å². The predicted octanol–water partition coefficient (Wildman–Crippen LogP) is 3.19. The fraction of sp³-hybridized carbons (Fsp3) is 0.533. The van der Waals surface area contributed by atoms with Gasteiger partial charge in [0.25, 0.3) is 5.91 Å². The predicted molar refractivity (Wildman–Crippen MR) is 85.9 cm³/mol. The lowest BCUT2D eigenvalue weighted by molar-refractivity contribution is 0.0897. The number of halogens is 2. The SMILES string of the molecule is Cc1ccc(C(=O)NC2C(C)CCNC2C)cc1Cl.Cl. The Bertz CT molecular complexity index is 469. The molecule has 3 nitrogen and oxygen atoms in total. The van der Waals surface area contributed by atoms with Gasteiger partial charge in [0.15, 0.2) is 0 Å². The molecule has 1 aliphatic rings. The van der Waals surface area contributed by atoms with Gasteiger partial charge in [-0.25, -0.2) is 0 Å². The van der Waals surface area contributed by atoms with E-state index >= 15 is 0 Å². The second kappa shape index (κ2) is 7.30. The van der Waals surface area contributed by atoms with Crippen LogP contribution >= 0.6 is 24.0 Å². The molecule has 20 heavy (non-hydrogen) atoms. The van der Waals surface area contributed by atoms with Gasteiger partial charge in [-0.15, -0.1) is 12.4 Å². The van der Waals surface area contributed by atoms with Crippen LogP contribution in [0.5, 0.6) is 0 Å². The number of aryl methyl sites for hydroxylation is 1. The molecule has 112 valence electrons. The molecule has 1 heterocycles. The summed E-state index contributed by atoms with van der Waals surface area (Å²) in [5.41, 5.74) is 1.61. The van der Waals surface area contributed by atoms with Crippen LogP contribution < -0.4 is 10.6 Å². The van der Waals surface area contributed by atoms with Crippen LogP contribution in [-0.4, -0.2) is 24.5 Å². The molecule has 1 aliphatic heterocycles. The van der Waals surface area contributed by atoms with E-state index in [2.05, 4.69) is 24.5 Å². The molecule has 0 aromatic heterocycles. The van der Waals surface area contributed by atoms with Crippen LogP contribution in [0.3, 0.4) is 0 Å². The van der Waals surface area contributed by atoms with Gasteiger partial charge in [-0.1, -0.05) is 24.6 Å². The summed E-state index contributed by atoms with van der Waals surface area (Å²) >= 11 is 6.07. The molecule has 1 amide bonds. The molecule has 3 unspecified atom stereocenters. The average molecular weight is 317 g/mol. The molecule has 2 rings (SSSR count). The number of amides is 1. The van der Waals surface area contributed by atoms with Crippen molar-refractivity contribution in [1.82, 2.24) is 10.6 Å². The average Bonchev–Trinajstić information content (AvgIpc) is 2.37. The topological polar surface area (TPSA) is 41.1 Å². The third kappa shape index (κ3) is 3.87. The van der Waals surface area contributed by atoms with E-state index in [4.69, 9.17) is 11.6 Å². The van der Waals surface area contributed by atoms with Gasteiger partial charge in [-0.3, -0.25) is 4.79 Å². The van der Waals surface area contributed by atoms with E-state index in [1.54, 1.807) is 6.07 Å². The Morgan fingerprint density at radius 2 is 2.10 bits per heavy atom. The van der Waals surface area contributed by atoms with Crippen LogP contribution in [0, 0.1) is 12.8 Å². The molecule has 3 atom stereocenters. The Morgan fingerprint density at radius 1 is 1.40 bits per heavy atom. The van der Waals surface area contributed by atoms with E-state index in [0.717, 1.165) is 18.5 Å². The third-order valence-electron chi connectivity index (χ3n) is 3.95. The summed E-state index contributed by atoms with van der Waals surface area (Å²) in [6.07, 6.45) is 1.09. The number of carbonyl (C=O) groups is 1. The molecule has 5 heteroatoms. The minimum Gasteiger partial charge on any atom is -0.347 e. The Kier molecular flexibility index (Phi) is 6.31. The minimum absolute atomic E-state index is 0. The monoisotopic (exact) mass is 316 g/mol. The molecule has 1 aromatic rings. The molecule has 1 saturated heterocycles. The standard InChI is InChI=1S/C15H21ClN2O.ClH/c1-9-4-5-12(8-13(9)16)15(19)18-14-10(2)6-7-17-11(14)3;/h4-5,8,10-11,14,17H,6-7H2,1-3H3,(H,18,19);1H. The van der Waals surface area contributed by atoms with Crippen molar-refractivity contribution >= 4 is 29.9 Å². The normalized spacial score (nSPS) is 25.7. The summed E-state index contributed by atoms with van der Waals surface area (Å²) in [7, 11) is 0. The lowest BCUT2D eigenvalue weighted by Gasteiger charge is -2.36. The molecule has 2 N–H and O–H groups in total. The molecular weight excluding hydrogens is 295 g/mol. The second-order valence-corrected chi connectivity index (χ2v) is 5.88. The summed E-state index contributed by atoms with van der Waals surface area (Å²) in [4.78, 5) is 12.3. The van der Waals surface area contributed by atoms with Crippen molar-refractivity contribution in [2.45, 2.75) is 39.3 Å². The highest BCUT2D eigenvalue weighted by molar-refractivity contribution is 6.31. The second-order valence-electron chi connectivity index (χ2n) is 5.47. The first-order chi connectivity index (χ1) is 8.99. The quantitative estimate of drug-likeness (QED) is 0.879. The summed E-state index contributed by atoms with van der Waals surface area (Å²) in [6.45, 7) is 7.25. The van der Waals surface area contributed by atoms with Crippen molar-refractivity contribution in [3.63, 3.8) is 0 Å². The number of rotatable bonds is 2. The van der Waals surface area contributed by atoms with E-state index in [1.165, 1.54) is 0 Å². The molecule has 1 aromatic carbocycles. The highest BCUT2D eigenvalue weighted by atomic mass is 35.5. The molecule has 1 fully saturated rings. The first-order valence-corrected chi connectivity index (χ1v) is 7.17. The maximum absolute atomic E-state index is 12.3. The molecule has 0 saturated carbocycles. The Labute approximate surface area is 131 Å². The van der Waals surface area contributed by atoms with Gasteiger partial charge in [0.2, 0.25) is 0 Å². The Morgan fingerprint density at radius 3 is 2.70 bits per heavy atom.